The molecule has 0 spiro atoms. The van der Waals surface area contributed by atoms with Gasteiger partial charge in [-0.3, -0.25) is 4.90 Å². The first kappa shape index (κ1) is 13.7. The first-order valence-corrected chi connectivity index (χ1v) is 7.47. The molecule has 1 amide bonds. The molecule has 0 radical (unpaired) electrons. The molecule has 1 saturated heterocycles. The Morgan fingerprint density at radius 3 is 2.60 bits per heavy atom. The minimum Gasteiger partial charge on any atom is -0.436 e. The van der Waals surface area contributed by atoms with Gasteiger partial charge in [-0.2, -0.15) is 0 Å². The lowest BCUT2D eigenvalue weighted by Gasteiger charge is -2.31. The molecule has 3 rings (SSSR count). The lowest BCUT2D eigenvalue weighted by molar-refractivity contribution is -0.00843. The molecule has 1 aliphatic heterocycles. The van der Waals surface area contributed by atoms with Crippen LogP contribution in [-0.4, -0.2) is 28.4 Å². The van der Waals surface area contributed by atoms with Crippen LogP contribution in [0.2, 0.25) is 5.02 Å². The average molecular weight is 296 g/mol. The maximum atomic E-state index is 12.1. The highest BCUT2D eigenvalue weighted by molar-refractivity contribution is 6.31. The number of rotatable bonds is 2. The van der Waals surface area contributed by atoms with Crippen molar-refractivity contribution in [3.63, 3.8) is 0 Å². The van der Waals surface area contributed by atoms with Crippen molar-refractivity contribution in [3.8, 4) is 0 Å². The van der Waals surface area contributed by atoms with Crippen LogP contribution in [0, 0.1) is 0 Å². The fourth-order valence-corrected chi connectivity index (χ4v) is 3.38. The summed E-state index contributed by atoms with van der Waals surface area (Å²) in [5, 5.41) is 11.0. The van der Waals surface area contributed by atoms with E-state index in [-0.39, 0.29) is 6.04 Å². The molecule has 5 heteroatoms. The summed E-state index contributed by atoms with van der Waals surface area (Å²) in [6, 6.07) is 7.24. The number of aliphatic hydroxyl groups is 1. The Hall–Kier alpha value is -1.26. The van der Waals surface area contributed by atoms with Crippen molar-refractivity contribution < 1.29 is 14.6 Å². The lowest BCUT2D eigenvalue weighted by Crippen LogP contribution is -2.43. The molecule has 1 aromatic carbocycles. The molecule has 2 fully saturated rings. The van der Waals surface area contributed by atoms with E-state index in [0.29, 0.717) is 10.6 Å². The van der Waals surface area contributed by atoms with Crippen molar-refractivity contribution in [1.82, 2.24) is 4.90 Å². The van der Waals surface area contributed by atoms with E-state index in [9.17, 15) is 9.90 Å². The van der Waals surface area contributed by atoms with Gasteiger partial charge in [0.15, 0.2) is 12.3 Å². The van der Waals surface area contributed by atoms with E-state index in [4.69, 9.17) is 16.3 Å². The Morgan fingerprint density at radius 1 is 1.20 bits per heavy atom. The van der Waals surface area contributed by atoms with E-state index >= 15 is 0 Å². The highest BCUT2D eigenvalue weighted by Crippen LogP contribution is 2.38. The quantitative estimate of drug-likeness (QED) is 0.908. The third kappa shape index (κ3) is 2.38. The van der Waals surface area contributed by atoms with Crippen molar-refractivity contribution >= 4 is 17.7 Å². The van der Waals surface area contributed by atoms with Crippen LogP contribution in [0.1, 0.15) is 43.8 Å². The molecular weight excluding hydrogens is 278 g/mol. The van der Waals surface area contributed by atoms with Crippen molar-refractivity contribution in [2.24, 2.45) is 0 Å². The largest absolute Gasteiger partial charge is 0.436 e. The molecule has 20 heavy (non-hydrogen) atoms. The third-order valence-corrected chi connectivity index (χ3v) is 4.52. The topological polar surface area (TPSA) is 49.8 Å². The predicted octanol–water partition coefficient (Wildman–Crippen LogP) is 3.48. The summed E-state index contributed by atoms with van der Waals surface area (Å²) in [6.07, 6.45) is 3.17. The number of amides is 1. The number of hydrogen-bond acceptors (Lipinski definition) is 3. The van der Waals surface area contributed by atoms with Gasteiger partial charge in [0.25, 0.3) is 0 Å². The number of carbonyl (C=O) groups excluding carboxylic acids is 1. The standard InChI is InChI=1S/C15H18ClNO3/c16-12-9-5-4-8-11(12)13-14(18)17(15(19)20-13)10-6-2-1-3-7-10/h4-5,8-10,13-14,18H,1-3,6-7H2/t13-,14+/m1/s1. The molecular formula is C15H18ClNO3. The first-order chi connectivity index (χ1) is 9.68. The SMILES string of the molecule is O=C1O[C@H](c2ccccc2Cl)[C@H](O)N1C1CCCCC1. The van der Waals surface area contributed by atoms with Gasteiger partial charge >= 0.3 is 6.09 Å². The molecule has 0 unspecified atom stereocenters. The Balaban J connectivity index is 1.83. The van der Waals surface area contributed by atoms with E-state index in [0.717, 1.165) is 25.7 Å². The number of benzene rings is 1. The summed E-state index contributed by atoms with van der Waals surface area (Å²) in [7, 11) is 0. The highest BCUT2D eigenvalue weighted by atomic mass is 35.5. The van der Waals surface area contributed by atoms with Crippen LogP contribution in [0.15, 0.2) is 24.3 Å². The molecule has 108 valence electrons. The normalized spacial score (nSPS) is 27.7. The van der Waals surface area contributed by atoms with Gasteiger partial charge in [0.05, 0.1) is 0 Å². The van der Waals surface area contributed by atoms with E-state index in [1.54, 1.807) is 12.1 Å². The van der Waals surface area contributed by atoms with Crippen LogP contribution >= 0.6 is 11.6 Å². The van der Waals surface area contributed by atoms with Gasteiger partial charge < -0.3 is 9.84 Å². The lowest BCUT2D eigenvalue weighted by atomic mass is 9.94. The first-order valence-electron chi connectivity index (χ1n) is 7.10. The van der Waals surface area contributed by atoms with Gasteiger partial charge in [0, 0.05) is 16.6 Å². The van der Waals surface area contributed by atoms with Gasteiger partial charge in [-0.1, -0.05) is 49.1 Å². The number of ether oxygens (including phenoxy) is 1. The van der Waals surface area contributed by atoms with Crippen LogP contribution < -0.4 is 0 Å². The maximum Gasteiger partial charge on any atom is 0.413 e. The number of cyclic esters (lactones) is 1. The molecule has 1 N–H and O–H groups in total. The highest BCUT2D eigenvalue weighted by Gasteiger charge is 2.45. The van der Waals surface area contributed by atoms with Crippen LogP contribution in [-0.2, 0) is 4.74 Å². The smallest absolute Gasteiger partial charge is 0.413 e. The summed E-state index contributed by atoms with van der Waals surface area (Å²) < 4.78 is 5.36. The van der Waals surface area contributed by atoms with Crippen molar-refractivity contribution in [3.05, 3.63) is 34.9 Å². The third-order valence-electron chi connectivity index (χ3n) is 4.17. The molecule has 0 bridgehead atoms. The van der Waals surface area contributed by atoms with Crippen molar-refractivity contribution in [2.75, 3.05) is 0 Å². The molecule has 1 aromatic rings. The molecule has 0 aromatic heterocycles. The molecule has 2 atom stereocenters. The Labute approximate surface area is 123 Å². The van der Waals surface area contributed by atoms with E-state index in [1.807, 2.05) is 12.1 Å². The van der Waals surface area contributed by atoms with Gasteiger partial charge in [-0.05, 0) is 18.9 Å². The Morgan fingerprint density at radius 2 is 1.90 bits per heavy atom. The van der Waals surface area contributed by atoms with E-state index < -0.39 is 18.4 Å². The van der Waals surface area contributed by atoms with Crippen LogP contribution in [0.5, 0.6) is 0 Å². The summed E-state index contributed by atoms with van der Waals surface area (Å²) in [5.41, 5.74) is 0.660. The number of halogens is 1. The monoisotopic (exact) mass is 295 g/mol. The predicted molar refractivity (Wildman–Crippen MR) is 75.4 cm³/mol. The second-order valence-corrected chi connectivity index (χ2v) is 5.85. The summed E-state index contributed by atoms with van der Waals surface area (Å²) >= 11 is 6.13. The van der Waals surface area contributed by atoms with Gasteiger partial charge in [-0.15, -0.1) is 0 Å². The number of aliphatic hydroxyl groups excluding tert-OH is 1. The molecule has 1 aliphatic carbocycles. The zero-order chi connectivity index (χ0) is 14.1. The van der Waals surface area contributed by atoms with Crippen molar-refractivity contribution in [2.45, 2.75) is 50.5 Å². The molecule has 1 heterocycles. The number of hydrogen-bond donors (Lipinski definition) is 1. The van der Waals surface area contributed by atoms with Crippen LogP contribution in [0.3, 0.4) is 0 Å². The molecule has 1 saturated carbocycles. The van der Waals surface area contributed by atoms with Gasteiger partial charge in [0.1, 0.15) is 0 Å². The zero-order valence-corrected chi connectivity index (χ0v) is 11.9. The van der Waals surface area contributed by atoms with Crippen LogP contribution in [0.4, 0.5) is 4.79 Å². The second kappa shape index (κ2) is 5.62. The second-order valence-electron chi connectivity index (χ2n) is 5.44. The fourth-order valence-electron chi connectivity index (χ4n) is 3.14. The minimum absolute atomic E-state index is 0.0822. The summed E-state index contributed by atoms with van der Waals surface area (Å²) in [6.45, 7) is 0. The number of nitrogens with zero attached hydrogens (tertiary/aromatic N) is 1. The van der Waals surface area contributed by atoms with Crippen LogP contribution in [0.25, 0.3) is 0 Å². The van der Waals surface area contributed by atoms with E-state index in [1.165, 1.54) is 11.3 Å². The van der Waals surface area contributed by atoms with E-state index in [2.05, 4.69) is 0 Å². The summed E-state index contributed by atoms with van der Waals surface area (Å²) in [5.74, 6) is 0. The maximum absolute atomic E-state index is 12.1. The summed E-state index contributed by atoms with van der Waals surface area (Å²) in [4.78, 5) is 13.6. The molecule has 2 aliphatic rings. The Kier molecular flexibility index (Phi) is 3.85. The fraction of sp³-hybridized carbons (Fsp3) is 0.533. The Bertz CT molecular complexity index is 502. The van der Waals surface area contributed by atoms with Crippen molar-refractivity contribution in [1.29, 1.82) is 0 Å². The molecule has 4 nitrogen and oxygen atoms in total. The average Bonchev–Trinajstić information content (AvgIpc) is 2.75. The zero-order valence-electron chi connectivity index (χ0n) is 11.2. The van der Waals surface area contributed by atoms with Gasteiger partial charge in [-0.25, -0.2) is 4.79 Å². The number of carbonyl (C=O) groups is 1. The minimum atomic E-state index is -0.953. The van der Waals surface area contributed by atoms with Gasteiger partial charge in [0.2, 0.25) is 0 Å².